The predicted molar refractivity (Wildman–Crippen MR) is 67.8 cm³/mol. The van der Waals surface area contributed by atoms with Crippen molar-refractivity contribution >= 4 is 16.8 Å². The van der Waals surface area contributed by atoms with Crippen LogP contribution in [-0.4, -0.2) is 11.6 Å². The first-order chi connectivity index (χ1) is 8.79. The van der Waals surface area contributed by atoms with E-state index in [4.69, 9.17) is 8.83 Å². The molecule has 5 heteroatoms. The lowest BCUT2D eigenvalue weighted by Crippen LogP contribution is -2.15. The van der Waals surface area contributed by atoms with Gasteiger partial charge in [0.25, 0.3) is 0 Å². The standard InChI is InChI=1S/C13H12N2O3/c1-14-10-5-2-6-11-12(10)15(13(16)18-11)8-9-4-3-7-17-9/h2-7,14H,8H2,1H3. The summed E-state index contributed by atoms with van der Waals surface area (Å²) in [6, 6.07) is 9.13. The average molecular weight is 244 g/mol. The first-order valence-corrected chi connectivity index (χ1v) is 5.62. The minimum Gasteiger partial charge on any atom is -0.467 e. The third-order valence-corrected chi connectivity index (χ3v) is 2.85. The van der Waals surface area contributed by atoms with E-state index in [1.807, 2.05) is 25.2 Å². The lowest BCUT2D eigenvalue weighted by molar-refractivity contribution is 0.466. The maximum atomic E-state index is 11.9. The van der Waals surface area contributed by atoms with Crippen molar-refractivity contribution in [2.24, 2.45) is 0 Å². The van der Waals surface area contributed by atoms with Gasteiger partial charge in [0.1, 0.15) is 11.3 Å². The second-order valence-electron chi connectivity index (χ2n) is 3.94. The van der Waals surface area contributed by atoms with Crippen LogP contribution in [0.5, 0.6) is 0 Å². The molecule has 1 aromatic carbocycles. The summed E-state index contributed by atoms with van der Waals surface area (Å²) in [6.45, 7) is 0.359. The molecule has 5 nitrogen and oxygen atoms in total. The topological polar surface area (TPSA) is 60.3 Å². The number of nitrogens with one attached hydrogen (secondary N) is 1. The second kappa shape index (κ2) is 4.10. The van der Waals surface area contributed by atoms with E-state index in [0.717, 1.165) is 11.2 Å². The van der Waals surface area contributed by atoms with Crippen LogP contribution < -0.4 is 11.1 Å². The highest BCUT2D eigenvalue weighted by Crippen LogP contribution is 2.22. The fraction of sp³-hybridized carbons (Fsp3) is 0.154. The van der Waals surface area contributed by atoms with Crippen LogP contribution in [0.1, 0.15) is 5.76 Å². The summed E-state index contributed by atoms with van der Waals surface area (Å²) in [4.78, 5) is 11.9. The average Bonchev–Trinajstić information content (AvgIpc) is 2.98. The minimum absolute atomic E-state index is 0.359. The molecule has 0 aliphatic carbocycles. The van der Waals surface area contributed by atoms with E-state index >= 15 is 0 Å². The van der Waals surface area contributed by atoms with Gasteiger partial charge in [-0.3, -0.25) is 4.57 Å². The Hall–Kier alpha value is -2.43. The molecule has 3 rings (SSSR count). The Balaban J connectivity index is 2.21. The quantitative estimate of drug-likeness (QED) is 0.767. The molecule has 2 aromatic heterocycles. The van der Waals surface area contributed by atoms with Crippen LogP contribution in [0.25, 0.3) is 11.1 Å². The zero-order chi connectivity index (χ0) is 12.5. The van der Waals surface area contributed by atoms with Gasteiger partial charge in [-0.15, -0.1) is 0 Å². The van der Waals surface area contributed by atoms with Gasteiger partial charge >= 0.3 is 5.76 Å². The molecule has 2 heterocycles. The van der Waals surface area contributed by atoms with Crippen LogP contribution in [0.4, 0.5) is 5.69 Å². The lowest BCUT2D eigenvalue weighted by atomic mass is 10.2. The van der Waals surface area contributed by atoms with Gasteiger partial charge in [0.15, 0.2) is 5.58 Å². The molecular weight excluding hydrogens is 232 g/mol. The van der Waals surface area contributed by atoms with Crippen molar-refractivity contribution < 1.29 is 8.83 Å². The van der Waals surface area contributed by atoms with E-state index < -0.39 is 0 Å². The monoisotopic (exact) mass is 244 g/mol. The Bertz CT molecular complexity index is 722. The largest absolute Gasteiger partial charge is 0.467 e. The number of fused-ring (bicyclic) bond motifs is 1. The summed E-state index contributed by atoms with van der Waals surface area (Å²) < 4.78 is 12.0. The van der Waals surface area contributed by atoms with Gasteiger partial charge < -0.3 is 14.2 Å². The highest BCUT2D eigenvalue weighted by molar-refractivity contribution is 5.87. The van der Waals surface area contributed by atoms with Crippen molar-refractivity contribution in [3.63, 3.8) is 0 Å². The highest BCUT2D eigenvalue weighted by atomic mass is 16.4. The Morgan fingerprint density at radius 2 is 2.17 bits per heavy atom. The molecule has 0 saturated heterocycles. The third kappa shape index (κ3) is 1.60. The number of oxazole rings is 1. The zero-order valence-corrected chi connectivity index (χ0v) is 9.84. The molecule has 0 bridgehead atoms. The van der Waals surface area contributed by atoms with Gasteiger partial charge in [0, 0.05) is 7.05 Å². The maximum Gasteiger partial charge on any atom is 0.420 e. The van der Waals surface area contributed by atoms with Crippen molar-refractivity contribution in [2.75, 3.05) is 12.4 Å². The van der Waals surface area contributed by atoms with Crippen molar-refractivity contribution in [3.8, 4) is 0 Å². The van der Waals surface area contributed by atoms with Crippen LogP contribution in [0.2, 0.25) is 0 Å². The molecule has 0 aliphatic heterocycles. The van der Waals surface area contributed by atoms with E-state index in [1.54, 1.807) is 23.0 Å². The number of hydrogen-bond acceptors (Lipinski definition) is 4. The molecule has 1 N–H and O–H groups in total. The lowest BCUT2D eigenvalue weighted by Gasteiger charge is -2.04. The van der Waals surface area contributed by atoms with Crippen LogP contribution in [-0.2, 0) is 6.54 Å². The number of para-hydroxylation sites is 1. The van der Waals surface area contributed by atoms with E-state index in [2.05, 4.69) is 5.32 Å². The van der Waals surface area contributed by atoms with Gasteiger partial charge in [0.2, 0.25) is 0 Å². The van der Waals surface area contributed by atoms with Crippen molar-refractivity contribution in [3.05, 3.63) is 52.9 Å². The molecule has 92 valence electrons. The van der Waals surface area contributed by atoms with E-state index in [1.165, 1.54) is 0 Å². The maximum absolute atomic E-state index is 11.9. The summed E-state index contributed by atoms with van der Waals surface area (Å²) in [7, 11) is 1.81. The van der Waals surface area contributed by atoms with Crippen LogP contribution in [0, 0.1) is 0 Å². The summed E-state index contributed by atoms with van der Waals surface area (Å²) in [5.74, 6) is 0.329. The second-order valence-corrected chi connectivity index (χ2v) is 3.94. The Morgan fingerprint density at radius 1 is 1.28 bits per heavy atom. The van der Waals surface area contributed by atoms with Gasteiger partial charge in [-0.05, 0) is 24.3 Å². The molecule has 0 unspecified atom stereocenters. The van der Waals surface area contributed by atoms with Crippen LogP contribution in [0.3, 0.4) is 0 Å². The number of benzene rings is 1. The van der Waals surface area contributed by atoms with Crippen LogP contribution >= 0.6 is 0 Å². The summed E-state index contributed by atoms with van der Waals surface area (Å²) >= 11 is 0. The molecule has 0 aliphatic rings. The van der Waals surface area contributed by atoms with E-state index in [-0.39, 0.29) is 5.76 Å². The van der Waals surface area contributed by atoms with Gasteiger partial charge in [0.05, 0.1) is 18.5 Å². The zero-order valence-electron chi connectivity index (χ0n) is 9.84. The van der Waals surface area contributed by atoms with Crippen molar-refractivity contribution in [2.45, 2.75) is 6.54 Å². The molecular formula is C13H12N2O3. The number of rotatable bonds is 3. The molecule has 18 heavy (non-hydrogen) atoms. The van der Waals surface area contributed by atoms with Crippen molar-refractivity contribution in [1.82, 2.24) is 4.57 Å². The number of nitrogens with zero attached hydrogens (tertiary/aromatic N) is 1. The molecule has 0 saturated carbocycles. The number of hydrogen-bond donors (Lipinski definition) is 1. The molecule has 0 fully saturated rings. The summed E-state index contributed by atoms with van der Waals surface area (Å²) in [5, 5.41) is 3.05. The van der Waals surface area contributed by atoms with Gasteiger partial charge in [-0.25, -0.2) is 4.79 Å². The molecule has 0 radical (unpaired) electrons. The third-order valence-electron chi connectivity index (χ3n) is 2.85. The number of furan rings is 1. The number of aromatic nitrogens is 1. The molecule has 3 aromatic rings. The molecule has 0 spiro atoms. The first-order valence-electron chi connectivity index (χ1n) is 5.62. The summed E-state index contributed by atoms with van der Waals surface area (Å²) in [5.41, 5.74) is 2.17. The van der Waals surface area contributed by atoms with E-state index in [0.29, 0.717) is 17.9 Å². The number of anilines is 1. The highest BCUT2D eigenvalue weighted by Gasteiger charge is 2.13. The minimum atomic E-state index is -0.385. The Morgan fingerprint density at radius 3 is 2.89 bits per heavy atom. The van der Waals surface area contributed by atoms with Crippen LogP contribution in [0.15, 0.2) is 50.2 Å². The predicted octanol–water partition coefficient (Wildman–Crippen LogP) is 2.28. The SMILES string of the molecule is CNc1cccc2oc(=O)n(Cc3ccco3)c12. The van der Waals surface area contributed by atoms with Gasteiger partial charge in [-0.1, -0.05) is 6.07 Å². The smallest absolute Gasteiger partial charge is 0.420 e. The molecule has 0 atom stereocenters. The Labute approximate surface area is 103 Å². The fourth-order valence-corrected chi connectivity index (χ4v) is 2.03. The fourth-order valence-electron chi connectivity index (χ4n) is 2.03. The van der Waals surface area contributed by atoms with E-state index in [9.17, 15) is 4.79 Å². The van der Waals surface area contributed by atoms with Gasteiger partial charge in [-0.2, -0.15) is 0 Å². The summed E-state index contributed by atoms with van der Waals surface area (Å²) in [6.07, 6.45) is 1.58. The molecule has 0 amide bonds. The normalized spacial score (nSPS) is 10.9. The first kappa shape index (κ1) is 10.7. The Kier molecular flexibility index (Phi) is 2.44. The van der Waals surface area contributed by atoms with Crippen molar-refractivity contribution in [1.29, 1.82) is 0 Å².